The minimum atomic E-state index is -0.320. The molecule has 6 nitrogen and oxygen atoms in total. The molecule has 31 heavy (non-hydrogen) atoms. The number of nitrogens with zero attached hydrogens (tertiary/aromatic N) is 2. The fraction of sp³-hybridized carbons (Fsp3) is 0.167. The molecule has 2 heterocycles. The van der Waals surface area contributed by atoms with Gasteiger partial charge in [0.25, 0.3) is 5.56 Å². The van der Waals surface area contributed by atoms with Gasteiger partial charge in [0.05, 0.1) is 12.1 Å². The van der Waals surface area contributed by atoms with E-state index in [-0.39, 0.29) is 18.0 Å². The summed E-state index contributed by atoms with van der Waals surface area (Å²) < 4.78 is 8.46. The smallest absolute Gasteiger partial charge is 0.275 e. The Labute approximate surface area is 184 Å². The highest BCUT2D eigenvalue weighted by Gasteiger charge is 2.12. The number of anilines is 1. The first-order chi connectivity index (χ1) is 15.0. The number of carbonyl (C=O) groups excluding carboxylic acids is 1. The van der Waals surface area contributed by atoms with Crippen LogP contribution in [0.15, 0.2) is 71.8 Å². The third-order valence-electron chi connectivity index (χ3n) is 5.24. The van der Waals surface area contributed by atoms with Crippen molar-refractivity contribution in [2.24, 2.45) is 0 Å². The first kappa shape index (κ1) is 20.8. The zero-order valence-electron chi connectivity index (χ0n) is 17.3. The number of methoxy groups -OCH3 is 1. The minimum Gasteiger partial charge on any atom is -0.495 e. The number of halogens is 1. The number of nitrogens with one attached hydrogen (secondary N) is 1. The zero-order chi connectivity index (χ0) is 22.0. The van der Waals surface area contributed by atoms with E-state index in [1.54, 1.807) is 24.4 Å². The van der Waals surface area contributed by atoms with Crippen LogP contribution in [0.5, 0.6) is 5.75 Å². The SMILES string of the molecule is COc1ccc(NC(=O)Cn2ccc3ccn(Cc4ccccc4C)c3c2=O)cc1Cl. The summed E-state index contributed by atoms with van der Waals surface area (Å²) in [6, 6.07) is 16.8. The Morgan fingerprint density at radius 2 is 1.81 bits per heavy atom. The Bertz CT molecular complexity index is 1320. The fourth-order valence-electron chi connectivity index (χ4n) is 3.57. The van der Waals surface area contributed by atoms with Crippen molar-refractivity contribution in [3.05, 3.63) is 93.5 Å². The fourth-order valence-corrected chi connectivity index (χ4v) is 3.83. The van der Waals surface area contributed by atoms with Crippen molar-refractivity contribution in [3.63, 3.8) is 0 Å². The molecule has 2 aromatic carbocycles. The standard InChI is InChI=1S/C24H22ClN3O3/c1-16-5-3-4-6-18(16)14-27-11-9-17-10-12-28(24(30)23(17)27)15-22(29)26-19-7-8-21(31-2)20(25)13-19/h3-13H,14-15H2,1-2H3,(H,26,29). The Morgan fingerprint density at radius 3 is 2.52 bits per heavy atom. The van der Waals surface area contributed by atoms with E-state index in [1.807, 2.05) is 35.0 Å². The molecule has 0 unspecified atom stereocenters. The Hall–Kier alpha value is -3.51. The number of hydrogen-bond acceptors (Lipinski definition) is 3. The largest absolute Gasteiger partial charge is 0.495 e. The molecule has 0 aliphatic rings. The monoisotopic (exact) mass is 435 g/mol. The van der Waals surface area contributed by atoms with Gasteiger partial charge in [0, 0.05) is 30.0 Å². The number of pyridine rings is 1. The van der Waals surface area contributed by atoms with Crippen LogP contribution in [0.2, 0.25) is 5.02 Å². The molecular weight excluding hydrogens is 414 g/mol. The average Bonchev–Trinajstić information content (AvgIpc) is 3.15. The first-order valence-corrected chi connectivity index (χ1v) is 10.2. The maximum Gasteiger partial charge on any atom is 0.275 e. The number of amides is 1. The molecule has 0 saturated carbocycles. The van der Waals surface area contributed by atoms with E-state index in [0.717, 1.165) is 16.5 Å². The molecule has 0 fully saturated rings. The summed E-state index contributed by atoms with van der Waals surface area (Å²) in [4.78, 5) is 25.7. The van der Waals surface area contributed by atoms with Gasteiger partial charge < -0.3 is 19.2 Å². The second-order valence-corrected chi connectivity index (χ2v) is 7.73. The summed E-state index contributed by atoms with van der Waals surface area (Å²) in [5.74, 6) is 0.204. The second kappa shape index (κ2) is 8.70. The van der Waals surface area contributed by atoms with Gasteiger partial charge in [-0.15, -0.1) is 0 Å². The van der Waals surface area contributed by atoms with Gasteiger partial charge in [0.1, 0.15) is 17.8 Å². The van der Waals surface area contributed by atoms with Crippen LogP contribution in [-0.2, 0) is 17.9 Å². The lowest BCUT2D eigenvalue weighted by atomic mass is 10.1. The van der Waals surface area contributed by atoms with E-state index < -0.39 is 0 Å². The lowest BCUT2D eigenvalue weighted by Gasteiger charge is -2.11. The topological polar surface area (TPSA) is 65.3 Å². The number of benzene rings is 2. The molecule has 1 amide bonds. The minimum absolute atomic E-state index is 0.103. The quantitative estimate of drug-likeness (QED) is 0.486. The van der Waals surface area contributed by atoms with Crippen molar-refractivity contribution in [3.8, 4) is 5.75 Å². The molecule has 0 atom stereocenters. The zero-order valence-corrected chi connectivity index (χ0v) is 18.0. The number of aryl methyl sites for hydroxylation is 1. The Balaban J connectivity index is 1.58. The van der Waals surface area contributed by atoms with Gasteiger partial charge in [-0.2, -0.15) is 0 Å². The number of hydrogen-bond donors (Lipinski definition) is 1. The normalized spacial score (nSPS) is 10.9. The molecule has 158 valence electrons. The molecule has 4 aromatic rings. The molecular formula is C24H22ClN3O3. The van der Waals surface area contributed by atoms with Gasteiger partial charge >= 0.3 is 0 Å². The maximum absolute atomic E-state index is 13.1. The van der Waals surface area contributed by atoms with Gasteiger partial charge in [-0.1, -0.05) is 35.9 Å². The van der Waals surface area contributed by atoms with Crippen LogP contribution in [0.3, 0.4) is 0 Å². The lowest BCUT2D eigenvalue weighted by molar-refractivity contribution is -0.116. The highest BCUT2D eigenvalue weighted by Crippen LogP contribution is 2.27. The number of aromatic nitrogens is 2. The average molecular weight is 436 g/mol. The Morgan fingerprint density at radius 1 is 1.06 bits per heavy atom. The predicted octanol–water partition coefficient (Wildman–Crippen LogP) is 4.46. The van der Waals surface area contributed by atoms with Gasteiger partial charge in [0.15, 0.2) is 0 Å². The van der Waals surface area contributed by atoms with Gasteiger partial charge in [-0.05, 0) is 48.4 Å². The van der Waals surface area contributed by atoms with Crippen LogP contribution in [0, 0.1) is 6.92 Å². The van der Waals surface area contributed by atoms with Crippen molar-refractivity contribution in [1.29, 1.82) is 0 Å². The van der Waals surface area contributed by atoms with Crippen molar-refractivity contribution in [2.75, 3.05) is 12.4 Å². The van der Waals surface area contributed by atoms with Crippen molar-refractivity contribution < 1.29 is 9.53 Å². The number of rotatable bonds is 6. The number of carbonyl (C=O) groups is 1. The summed E-state index contributed by atoms with van der Waals surface area (Å²) in [5.41, 5.74) is 3.21. The van der Waals surface area contributed by atoms with E-state index in [9.17, 15) is 9.59 Å². The van der Waals surface area contributed by atoms with Crippen molar-refractivity contribution in [2.45, 2.75) is 20.0 Å². The van der Waals surface area contributed by atoms with Crippen molar-refractivity contribution >= 4 is 34.1 Å². The van der Waals surface area contributed by atoms with E-state index in [0.29, 0.717) is 28.5 Å². The summed E-state index contributed by atoms with van der Waals surface area (Å²) in [6.07, 6.45) is 3.55. The van der Waals surface area contributed by atoms with Gasteiger partial charge in [0.2, 0.25) is 5.91 Å². The number of fused-ring (bicyclic) bond motifs is 1. The molecule has 0 aliphatic heterocycles. The van der Waals surface area contributed by atoms with Crippen molar-refractivity contribution in [1.82, 2.24) is 9.13 Å². The molecule has 0 spiro atoms. The molecule has 2 aromatic heterocycles. The Kier molecular flexibility index (Phi) is 5.82. The van der Waals surface area contributed by atoms with Crippen LogP contribution in [0.25, 0.3) is 10.9 Å². The summed E-state index contributed by atoms with van der Waals surface area (Å²) in [7, 11) is 1.52. The second-order valence-electron chi connectivity index (χ2n) is 7.32. The summed E-state index contributed by atoms with van der Waals surface area (Å²) in [5, 5.41) is 4.01. The van der Waals surface area contributed by atoms with E-state index in [2.05, 4.69) is 24.4 Å². The summed E-state index contributed by atoms with van der Waals surface area (Å²) >= 11 is 6.11. The van der Waals surface area contributed by atoms with Gasteiger partial charge in [-0.25, -0.2) is 0 Å². The third-order valence-corrected chi connectivity index (χ3v) is 5.54. The highest BCUT2D eigenvalue weighted by atomic mass is 35.5. The maximum atomic E-state index is 13.1. The predicted molar refractivity (Wildman–Crippen MR) is 123 cm³/mol. The molecule has 0 saturated heterocycles. The van der Waals surface area contributed by atoms with E-state index >= 15 is 0 Å². The molecule has 1 N–H and O–H groups in total. The third kappa shape index (κ3) is 4.34. The highest BCUT2D eigenvalue weighted by molar-refractivity contribution is 6.32. The van der Waals surface area contributed by atoms with Gasteiger partial charge in [-0.3, -0.25) is 9.59 Å². The summed E-state index contributed by atoms with van der Waals surface area (Å²) in [6.45, 7) is 2.54. The lowest BCUT2D eigenvalue weighted by Crippen LogP contribution is -2.28. The first-order valence-electron chi connectivity index (χ1n) is 9.82. The molecule has 7 heteroatoms. The molecule has 0 bridgehead atoms. The van der Waals surface area contributed by atoms with Crippen LogP contribution in [0.1, 0.15) is 11.1 Å². The van der Waals surface area contributed by atoms with E-state index in [1.165, 1.54) is 11.7 Å². The molecule has 0 aliphatic carbocycles. The number of ether oxygens (including phenoxy) is 1. The van der Waals surface area contributed by atoms with Crippen LogP contribution in [-0.4, -0.2) is 22.2 Å². The van der Waals surface area contributed by atoms with Crippen LogP contribution in [0.4, 0.5) is 5.69 Å². The molecule has 0 radical (unpaired) electrons. The van der Waals surface area contributed by atoms with Crippen LogP contribution < -0.4 is 15.6 Å². The molecule has 4 rings (SSSR count). The van der Waals surface area contributed by atoms with E-state index in [4.69, 9.17) is 16.3 Å². The van der Waals surface area contributed by atoms with Crippen LogP contribution >= 0.6 is 11.6 Å².